The summed E-state index contributed by atoms with van der Waals surface area (Å²) in [6.07, 6.45) is 8.24. The number of imidazole rings is 1. The number of methoxy groups -OCH3 is 1. The van der Waals surface area contributed by atoms with E-state index in [4.69, 9.17) is 9.72 Å². The first-order valence-electron chi connectivity index (χ1n) is 11.9. The minimum Gasteiger partial charge on any atom is -0.481 e. The minimum atomic E-state index is -0.704. The fourth-order valence-electron chi connectivity index (χ4n) is 5.55. The summed E-state index contributed by atoms with van der Waals surface area (Å²) in [7, 11) is 1.41. The van der Waals surface area contributed by atoms with Gasteiger partial charge in [0.25, 0.3) is 0 Å². The molecule has 1 aromatic carbocycles. The summed E-state index contributed by atoms with van der Waals surface area (Å²) >= 11 is 0. The average molecular weight is 467 g/mol. The van der Waals surface area contributed by atoms with E-state index in [1.54, 1.807) is 22.1 Å². The Balaban J connectivity index is 1.56. The van der Waals surface area contributed by atoms with E-state index in [-0.39, 0.29) is 24.1 Å². The van der Waals surface area contributed by atoms with Crippen molar-refractivity contribution in [2.75, 3.05) is 12.0 Å². The van der Waals surface area contributed by atoms with Crippen LogP contribution in [-0.4, -0.2) is 54.9 Å². The van der Waals surface area contributed by atoms with Crippen LogP contribution in [-0.2, 0) is 28.9 Å². The third kappa shape index (κ3) is 3.91. The summed E-state index contributed by atoms with van der Waals surface area (Å²) in [6.45, 7) is 2.64. The Morgan fingerprint density at radius 2 is 1.85 bits per heavy atom. The number of anilines is 1. The summed E-state index contributed by atoms with van der Waals surface area (Å²) in [5.74, 6) is -0.0293. The van der Waals surface area contributed by atoms with Crippen LogP contribution in [0.25, 0.3) is 11.0 Å². The number of nitrogens with zero attached hydrogens (tertiary/aromatic N) is 6. The highest BCUT2D eigenvalue weighted by atomic mass is 16.5. The van der Waals surface area contributed by atoms with E-state index < -0.39 is 5.97 Å². The molecule has 34 heavy (non-hydrogen) atoms. The molecule has 0 bridgehead atoms. The monoisotopic (exact) mass is 466 g/mol. The Hall–Kier alpha value is -3.43. The van der Waals surface area contributed by atoms with Crippen molar-refractivity contribution in [3.8, 4) is 0 Å². The predicted octanol–water partition coefficient (Wildman–Crippen LogP) is 3.59. The number of carbonyl (C=O) groups is 2. The Bertz CT molecular complexity index is 1200. The molecule has 2 aliphatic rings. The number of carboxylic acids is 1. The van der Waals surface area contributed by atoms with Crippen LogP contribution in [0.4, 0.5) is 10.5 Å². The van der Waals surface area contributed by atoms with E-state index in [1.807, 2.05) is 19.1 Å². The normalized spacial score (nSPS) is 22.5. The third-order valence-corrected chi connectivity index (χ3v) is 7.31. The van der Waals surface area contributed by atoms with Crippen molar-refractivity contribution in [2.24, 2.45) is 5.92 Å². The van der Waals surface area contributed by atoms with Gasteiger partial charge in [-0.3, -0.25) is 9.69 Å². The number of hydrogen-bond acceptors (Lipinski definition) is 6. The van der Waals surface area contributed by atoms with Gasteiger partial charge in [-0.05, 0) is 57.6 Å². The van der Waals surface area contributed by atoms with Crippen molar-refractivity contribution >= 4 is 28.8 Å². The molecule has 1 aliphatic heterocycles. The third-order valence-electron chi connectivity index (χ3n) is 7.31. The van der Waals surface area contributed by atoms with E-state index in [9.17, 15) is 14.7 Å². The Kier molecular flexibility index (Phi) is 5.97. The van der Waals surface area contributed by atoms with Gasteiger partial charge < -0.3 is 14.4 Å². The molecule has 1 aliphatic carbocycles. The zero-order chi connectivity index (χ0) is 23.8. The van der Waals surface area contributed by atoms with Crippen molar-refractivity contribution in [3.63, 3.8) is 0 Å². The van der Waals surface area contributed by atoms with E-state index in [0.717, 1.165) is 53.8 Å². The van der Waals surface area contributed by atoms with Crippen LogP contribution < -0.4 is 4.90 Å². The van der Waals surface area contributed by atoms with Gasteiger partial charge in [0.15, 0.2) is 0 Å². The molecular weight excluding hydrogens is 436 g/mol. The molecule has 0 radical (unpaired) electrons. The first kappa shape index (κ1) is 22.4. The number of fused-ring (bicyclic) bond motifs is 3. The molecule has 5 rings (SSSR count). The smallest absolute Gasteiger partial charge is 0.414 e. The zero-order valence-electron chi connectivity index (χ0n) is 19.6. The molecule has 180 valence electrons. The summed E-state index contributed by atoms with van der Waals surface area (Å²) in [4.78, 5) is 32.5. The second kappa shape index (κ2) is 9.08. The molecule has 10 nitrogen and oxygen atoms in total. The molecule has 1 atom stereocenters. The molecule has 1 saturated carbocycles. The van der Waals surface area contributed by atoms with E-state index in [0.29, 0.717) is 25.8 Å². The Morgan fingerprint density at radius 1 is 1.12 bits per heavy atom. The highest BCUT2D eigenvalue weighted by Gasteiger charge is 2.33. The van der Waals surface area contributed by atoms with E-state index >= 15 is 0 Å². The topological polar surface area (TPSA) is 115 Å². The molecule has 1 unspecified atom stereocenters. The van der Waals surface area contributed by atoms with Crippen LogP contribution in [0.15, 0.2) is 24.5 Å². The van der Waals surface area contributed by atoms with Crippen molar-refractivity contribution in [2.45, 2.75) is 70.5 Å². The van der Waals surface area contributed by atoms with Gasteiger partial charge in [0.05, 0.1) is 48.7 Å². The van der Waals surface area contributed by atoms with Crippen molar-refractivity contribution < 1.29 is 19.4 Å². The van der Waals surface area contributed by atoms with Crippen LogP contribution in [0.1, 0.15) is 56.5 Å². The number of rotatable bonds is 5. The zero-order valence-corrected chi connectivity index (χ0v) is 19.6. The first-order valence-corrected chi connectivity index (χ1v) is 11.9. The molecule has 10 heteroatoms. The highest BCUT2D eigenvalue weighted by molar-refractivity contribution is 5.95. The van der Waals surface area contributed by atoms with Crippen molar-refractivity contribution in [3.05, 3.63) is 35.9 Å². The molecule has 3 heterocycles. The standard InChI is InChI=1S/C24H30N6O4/c1-15-3-8-18-19(29(15)24(33)34-2)9-10-20-22(18)27-21(11-14-28-25-12-13-26-28)30(20)17-6-4-16(5-7-17)23(31)32/h9-10,12-13,15-17H,3-8,11,14H2,1-2H3,(H,31,32). The molecule has 3 aromatic rings. The van der Waals surface area contributed by atoms with Crippen LogP contribution in [0.5, 0.6) is 0 Å². The van der Waals surface area contributed by atoms with Crippen LogP contribution in [0.3, 0.4) is 0 Å². The van der Waals surface area contributed by atoms with Gasteiger partial charge >= 0.3 is 12.1 Å². The fourth-order valence-corrected chi connectivity index (χ4v) is 5.55. The minimum absolute atomic E-state index is 0.0520. The fraction of sp³-hybridized carbons (Fsp3) is 0.542. The maximum Gasteiger partial charge on any atom is 0.414 e. The summed E-state index contributed by atoms with van der Waals surface area (Å²) < 4.78 is 7.36. The van der Waals surface area contributed by atoms with Gasteiger partial charge in [0.1, 0.15) is 5.82 Å². The maximum atomic E-state index is 12.5. The first-order chi connectivity index (χ1) is 16.5. The van der Waals surface area contributed by atoms with Gasteiger partial charge in [-0.1, -0.05) is 0 Å². The van der Waals surface area contributed by atoms with E-state index in [1.165, 1.54) is 7.11 Å². The summed E-state index contributed by atoms with van der Waals surface area (Å²) in [5, 5.41) is 17.9. The van der Waals surface area contributed by atoms with Gasteiger partial charge in [-0.15, -0.1) is 0 Å². The number of hydrogen-bond donors (Lipinski definition) is 1. The molecule has 2 aromatic heterocycles. The number of aliphatic carboxylic acids is 1. The maximum absolute atomic E-state index is 12.5. The van der Waals surface area contributed by atoms with Gasteiger partial charge in [0.2, 0.25) is 0 Å². The largest absolute Gasteiger partial charge is 0.481 e. The summed E-state index contributed by atoms with van der Waals surface area (Å²) in [6, 6.07) is 4.30. The lowest BCUT2D eigenvalue weighted by atomic mass is 9.86. The number of aromatic nitrogens is 5. The van der Waals surface area contributed by atoms with Crippen molar-refractivity contribution in [1.29, 1.82) is 0 Å². The lowest BCUT2D eigenvalue weighted by Crippen LogP contribution is -2.42. The van der Waals surface area contributed by atoms with Crippen molar-refractivity contribution in [1.82, 2.24) is 24.5 Å². The number of benzene rings is 1. The Morgan fingerprint density at radius 3 is 2.53 bits per heavy atom. The quantitative estimate of drug-likeness (QED) is 0.611. The highest BCUT2D eigenvalue weighted by Crippen LogP contribution is 2.40. The molecular formula is C24H30N6O4. The number of aryl methyl sites for hydroxylation is 3. The van der Waals surface area contributed by atoms with Crippen LogP contribution in [0, 0.1) is 5.92 Å². The Labute approximate surface area is 197 Å². The average Bonchev–Trinajstić information content (AvgIpc) is 3.49. The van der Waals surface area contributed by atoms with Crippen LogP contribution in [0.2, 0.25) is 0 Å². The lowest BCUT2D eigenvalue weighted by molar-refractivity contribution is -0.143. The number of ether oxygens (including phenoxy) is 1. The molecule has 0 saturated heterocycles. The van der Waals surface area contributed by atoms with Gasteiger partial charge in [-0.2, -0.15) is 15.0 Å². The summed E-state index contributed by atoms with van der Waals surface area (Å²) in [5.41, 5.74) is 3.89. The molecule has 1 N–H and O–H groups in total. The molecule has 1 amide bonds. The predicted molar refractivity (Wildman–Crippen MR) is 125 cm³/mol. The SMILES string of the molecule is COC(=O)N1c2ccc3c(nc(CCn4nccn4)n3C3CCC(C(=O)O)CC3)c2CCC1C. The lowest BCUT2D eigenvalue weighted by Gasteiger charge is -2.34. The van der Waals surface area contributed by atoms with E-state index in [2.05, 4.69) is 14.8 Å². The molecule has 1 fully saturated rings. The molecule has 0 spiro atoms. The second-order valence-electron chi connectivity index (χ2n) is 9.28. The number of carbonyl (C=O) groups excluding carboxylic acids is 1. The van der Waals surface area contributed by atoms with Gasteiger partial charge in [0, 0.05) is 24.1 Å². The second-order valence-corrected chi connectivity index (χ2v) is 9.28. The van der Waals surface area contributed by atoms with Crippen LogP contribution >= 0.6 is 0 Å². The number of amides is 1. The number of carboxylic acid groups (broad SMARTS) is 1. The van der Waals surface area contributed by atoms with Gasteiger partial charge in [-0.25, -0.2) is 9.78 Å².